The molecule has 0 saturated carbocycles. The van der Waals surface area contributed by atoms with E-state index in [1.54, 1.807) is 30.5 Å². The van der Waals surface area contributed by atoms with Crippen molar-refractivity contribution in [2.24, 2.45) is 0 Å². The van der Waals surface area contributed by atoms with Gasteiger partial charge in [0.05, 0.1) is 17.7 Å². The third-order valence-corrected chi connectivity index (χ3v) is 4.68. The van der Waals surface area contributed by atoms with Crippen LogP contribution in [0.25, 0.3) is 10.8 Å². The fourth-order valence-corrected chi connectivity index (χ4v) is 3.34. The van der Waals surface area contributed by atoms with Crippen LogP contribution in [0.1, 0.15) is 27.1 Å². The van der Waals surface area contributed by atoms with Gasteiger partial charge in [-0.2, -0.15) is 0 Å². The second kappa shape index (κ2) is 6.77. The highest BCUT2D eigenvalue weighted by atomic mass is 35.5. The quantitative estimate of drug-likeness (QED) is 0.389. The van der Waals surface area contributed by atoms with Crippen LogP contribution >= 0.6 is 11.6 Å². The lowest BCUT2D eigenvalue weighted by Crippen LogP contribution is -2.31. The monoisotopic (exact) mass is 366 g/mol. The minimum Gasteiger partial charge on any atom is -0.493 e. The molecule has 0 saturated heterocycles. The number of imide groups is 1. The average molecular weight is 367 g/mol. The van der Waals surface area contributed by atoms with Crippen LogP contribution in [-0.4, -0.2) is 34.8 Å². The number of pyridine rings is 1. The van der Waals surface area contributed by atoms with E-state index in [0.29, 0.717) is 41.6 Å². The van der Waals surface area contributed by atoms with Gasteiger partial charge in [-0.25, -0.2) is 4.98 Å². The van der Waals surface area contributed by atoms with E-state index in [1.807, 2.05) is 24.3 Å². The number of hydrogen-bond acceptors (Lipinski definition) is 4. The third-order valence-electron chi connectivity index (χ3n) is 4.38. The first-order valence-corrected chi connectivity index (χ1v) is 8.66. The summed E-state index contributed by atoms with van der Waals surface area (Å²) in [6.45, 7) is 0.700. The molecule has 0 bridgehead atoms. The van der Waals surface area contributed by atoms with Crippen molar-refractivity contribution in [3.05, 3.63) is 71.0 Å². The van der Waals surface area contributed by atoms with Gasteiger partial charge in [-0.15, -0.1) is 0 Å². The van der Waals surface area contributed by atoms with E-state index in [0.717, 1.165) is 10.8 Å². The van der Waals surface area contributed by atoms with Gasteiger partial charge >= 0.3 is 0 Å². The summed E-state index contributed by atoms with van der Waals surface area (Å²) in [7, 11) is 0. The maximum Gasteiger partial charge on any atom is 0.261 e. The Morgan fingerprint density at radius 1 is 0.923 bits per heavy atom. The molecule has 1 aromatic heterocycles. The Kier molecular flexibility index (Phi) is 4.31. The summed E-state index contributed by atoms with van der Waals surface area (Å²) < 4.78 is 5.85. The van der Waals surface area contributed by atoms with Crippen LogP contribution in [0.2, 0.25) is 5.15 Å². The number of fused-ring (bicyclic) bond motifs is 2. The molecule has 6 heteroatoms. The van der Waals surface area contributed by atoms with Crippen molar-refractivity contribution in [1.82, 2.24) is 9.88 Å². The van der Waals surface area contributed by atoms with E-state index in [9.17, 15) is 9.59 Å². The highest BCUT2D eigenvalue weighted by Crippen LogP contribution is 2.29. The van der Waals surface area contributed by atoms with E-state index in [1.165, 1.54) is 4.90 Å². The molecule has 1 aliphatic heterocycles. The number of carbonyl (C=O) groups is 2. The summed E-state index contributed by atoms with van der Waals surface area (Å²) in [4.78, 5) is 30.0. The molecular weight excluding hydrogens is 352 g/mol. The van der Waals surface area contributed by atoms with E-state index >= 15 is 0 Å². The van der Waals surface area contributed by atoms with Crippen LogP contribution in [-0.2, 0) is 0 Å². The van der Waals surface area contributed by atoms with Gasteiger partial charge in [-0.3, -0.25) is 14.5 Å². The second-order valence-corrected chi connectivity index (χ2v) is 6.32. The number of amides is 2. The molecule has 0 fully saturated rings. The molecule has 1 aliphatic rings. The Balaban J connectivity index is 1.41. The number of ether oxygens (including phenoxy) is 1. The minimum atomic E-state index is -0.242. The summed E-state index contributed by atoms with van der Waals surface area (Å²) >= 11 is 6.10. The highest BCUT2D eigenvalue weighted by Gasteiger charge is 2.34. The summed E-state index contributed by atoms with van der Waals surface area (Å²) in [5, 5.41) is 2.14. The molecule has 0 spiro atoms. The lowest BCUT2D eigenvalue weighted by molar-refractivity contribution is 0.0647. The molecule has 4 rings (SSSR count). The van der Waals surface area contributed by atoms with Gasteiger partial charge in [0.2, 0.25) is 0 Å². The first-order chi connectivity index (χ1) is 12.7. The Labute approximate surface area is 155 Å². The second-order valence-electron chi connectivity index (χ2n) is 5.96. The molecule has 3 aromatic rings. The molecule has 2 amide bonds. The number of nitrogens with zero attached hydrogens (tertiary/aromatic N) is 2. The van der Waals surface area contributed by atoms with E-state index in [-0.39, 0.29) is 11.8 Å². The Morgan fingerprint density at radius 3 is 2.38 bits per heavy atom. The Bertz CT molecular complexity index is 984. The van der Waals surface area contributed by atoms with Crippen LogP contribution < -0.4 is 4.74 Å². The lowest BCUT2D eigenvalue weighted by atomic mass is 10.1. The summed E-state index contributed by atoms with van der Waals surface area (Å²) in [5.74, 6) is 0.219. The fraction of sp³-hybridized carbons (Fsp3) is 0.150. The van der Waals surface area contributed by atoms with Crippen molar-refractivity contribution in [3.63, 3.8) is 0 Å². The predicted molar refractivity (Wildman–Crippen MR) is 98.7 cm³/mol. The molecule has 0 aliphatic carbocycles. The molecule has 2 heterocycles. The van der Waals surface area contributed by atoms with Gasteiger partial charge in [0.15, 0.2) is 0 Å². The maximum absolute atomic E-state index is 12.3. The largest absolute Gasteiger partial charge is 0.493 e. The number of hydrogen-bond donors (Lipinski definition) is 0. The number of aromatic nitrogens is 1. The Morgan fingerprint density at radius 2 is 1.65 bits per heavy atom. The van der Waals surface area contributed by atoms with Crippen molar-refractivity contribution in [2.45, 2.75) is 6.42 Å². The predicted octanol–water partition coefficient (Wildman–Crippen LogP) is 3.95. The van der Waals surface area contributed by atoms with Crippen molar-refractivity contribution in [2.75, 3.05) is 13.2 Å². The standard InChI is InChI=1S/C20H15ClN2O3/c21-18-14-7-3-8-17(13(14)9-10-22-18)26-12-4-11-23-19(24)15-5-1-2-6-16(15)20(23)25/h1-3,5-10H,4,11-12H2. The molecule has 130 valence electrons. The van der Waals surface area contributed by atoms with Crippen LogP contribution in [0.15, 0.2) is 54.7 Å². The van der Waals surface area contributed by atoms with Gasteiger partial charge in [0.1, 0.15) is 10.9 Å². The third kappa shape index (κ3) is 2.80. The maximum atomic E-state index is 12.3. The summed E-state index contributed by atoms with van der Waals surface area (Å²) in [6.07, 6.45) is 2.18. The molecule has 2 aromatic carbocycles. The summed E-state index contributed by atoms with van der Waals surface area (Å²) in [6, 6.07) is 14.3. The van der Waals surface area contributed by atoms with E-state index in [4.69, 9.17) is 16.3 Å². The SMILES string of the molecule is O=C1c2ccccc2C(=O)N1CCCOc1cccc2c(Cl)nccc12. The van der Waals surface area contributed by atoms with Crippen molar-refractivity contribution in [3.8, 4) is 5.75 Å². The lowest BCUT2D eigenvalue weighted by Gasteiger charge is -2.14. The molecule has 0 N–H and O–H groups in total. The van der Waals surface area contributed by atoms with Crippen molar-refractivity contribution >= 4 is 34.2 Å². The minimum absolute atomic E-state index is 0.242. The van der Waals surface area contributed by atoms with Gasteiger partial charge in [-0.1, -0.05) is 35.9 Å². The number of rotatable bonds is 5. The molecule has 0 atom stereocenters. The number of carbonyl (C=O) groups excluding carboxylic acids is 2. The zero-order valence-corrected chi connectivity index (χ0v) is 14.6. The molecule has 0 radical (unpaired) electrons. The van der Waals surface area contributed by atoms with Gasteiger partial charge in [0.25, 0.3) is 11.8 Å². The fourth-order valence-electron chi connectivity index (χ4n) is 3.12. The smallest absolute Gasteiger partial charge is 0.261 e. The zero-order valence-electron chi connectivity index (χ0n) is 13.8. The zero-order chi connectivity index (χ0) is 18.1. The van der Waals surface area contributed by atoms with Crippen molar-refractivity contribution < 1.29 is 14.3 Å². The van der Waals surface area contributed by atoms with E-state index < -0.39 is 0 Å². The highest BCUT2D eigenvalue weighted by molar-refractivity contribution is 6.34. The first kappa shape index (κ1) is 16.5. The van der Waals surface area contributed by atoms with Crippen LogP contribution in [0.5, 0.6) is 5.75 Å². The van der Waals surface area contributed by atoms with Gasteiger partial charge in [-0.05, 0) is 30.7 Å². The molecule has 5 nitrogen and oxygen atoms in total. The average Bonchev–Trinajstić information content (AvgIpc) is 2.91. The van der Waals surface area contributed by atoms with Crippen LogP contribution in [0, 0.1) is 0 Å². The van der Waals surface area contributed by atoms with E-state index in [2.05, 4.69) is 4.98 Å². The van der Waals surface area contributed by atoms with Crippen molar-refractivity contribution in [1.29, 1.82) is 0 Å². The van der Waals surface area contributed by atoms with Crippen LogP contribution in [0.4, 0.5) is 0 Å². The molecular formula is C20H15ClN2O3. The van der Waals surface area contributed by atoms with Gasteiger partial charge in [0, 0.05) is 23.5 Å². The summed E-state index contributed by atoms with van der Waals surface area (Å²) in [5.41, 5.74) is 0.934. The normalized spacial score (nSPS) is 13.3. The first-order valence-electron chi connectivity index (χ1n) is 8.28. The topological polar surface area (TPSA) is 59.5 Å². The number of benzene rings is 2. The van der Waals surface area contributed by atoms with Gasteiger partial charge < -0.3 is 4.74 Å². The molecule has 26 heavy (non-hydrogen) atoms. The molecule has 0 unspecified atom stereocenters. The Hall–Kier alpha value is -2.92. The van der Waals surface area contributed by atoms with Crippen LogP contribution in [0.3, 0.4) is 0 Å². The number of halogens is 1.